The number of hydrogen-bond acceptors (Lipinski definition) is 3. The minimum absolute atomic E-state index is 0.0797. The van der Waals surface area contributed by atoms with Crippen LogP contribution in [0.15, 0.2) is 0 Å². The summed E-state index contributed by atoms with van der Waals surface area (Å²) in [5.74, 6) is -0.391. The highest BCUT2D eigenvalue weighted by molar-refractivity contribution is 5.79. The number of aliphatic carboxylic acids is 1. The number of carbonyl (C=O) groups is 2. The summed E-state index contributed by atoms with van der Waals surface area (Å²) < 4.78 is 5.28. The molecule has 0 spiro atoms. The lowest BCUT2D eigenvalue weighted by molar-refractivity contribution is -0.167. The van der Waals surface area contributed by atoms with Gasteiger partial charge in [0.1, 0.15) is 0 Å². The van der Waals surface area contributed by atoms with Crippen molar-refractivity contribution in [2.24, 2.45) is 5.92 Å². The van der Waals surface area contributed by atoms with E-state index in [1.54, 1.807) is 11.8 Å². The first-order valence-electron chi connectivity index (χ1n) is 6.22. The largest absolute Gasteiger partial charge is 0.479 e. The van der Waals surface area contributed by atoms with E-state index in [-0.39, 0.29) is 18.6 Å². The van der Waals surface area contributed by atoms with E-state index in [1.807, 2.05) is 0 Å². The molecule has 1 saturated heterocycles. The van der Waals surface area contributed by atoms with Crippen LogP contribution in [0.4, 0.5) is 0 Å². The van der Waals surface area contributed by atoms with Crippen molar-refractivity contribution in [3.8, 4) is 0 Å². The van der Waals surface area contributed by atoms with Crippen molar-refractivity contribution in [3.05, 3.63) is 0 Å². The summed E-state index contributed by atoms with van der Waals surface area (Å²) in [7, 11) is 0. The van der Waals surface area contributed by atoms with E-state index in [9.17, 15) is 9.59 Å². The predicted octanol–water partition coefficient (Wildman–Crippen LogP) is 0.877. The van der Waals surface area contributed by atoms with Gasteiger partial charge in [-0.3, -0.25) is 4.79 Å². The van der Waals surface area contributed by atoms with Gasteiger partial charge >= 0.3 is 5.97 Å². The summed E-state index contributed by atoms with van der Waals surface area (Å²) in [5.41, 5.74) is 0. The van der Waals surface area contributed by atoms with Crippen LogP contribution in [0, 0.1) is 5.92 Å². The van der Waals surface area contributed by atoms with Crippen molar-refractivity contribution < 1.29 is 19.4 Å². The number of nitrogens with zero attached hydrogens (tertiary/aromatic N) is 1. The second-order valence-corrected chi connectivity index (χ2v) is 5.07. The van der Waals surface area contributed by atoms with Gasteiger partial charge in [-0.15, -0.1) is 0 Å². The molecule has 2 fully saturated rings. The molecular weight excluding hydrogens is 222 g/mol. The standard InChI is InChI=1S/C12H19NO4/c1-8-6-13(7-10(17-8)12(15)16)11(14)5-9-3-2-4-9/h8-10H,2-7H2,1H3,(H,15,16)/t8-,10?/m1/s1. The highest BCUT2D eigenvalue weighted by Crippen LogP contribution is 2.30. The number of rotatable bonds is 3. The van der Waals surface area contributed by atoms with E-state index in [1.165, 1.54) is 6.42 Å². The van der Waals surface area contributed by atoms with Crippen molar-refractivity contribution in [2.45, 2.75) is 44.8 Å². The van der Waals surface area contributed by atoms with Crippen LogP contribution in [0.2, 0.25) is 0 Å². The van der Waals surface area contributed by atoms with E-state index in [2.05, 4.69) is 0 Å². The van der Waals surface area contributed by atoms with Crippen molar-refractivity contribution in [1.82, 2.24) is 4.90 Å². The average molecular weight is 241 g/mol. The third kappa shape index (κ3) is 2.97. The third-order valence-corrected chi connectivity index (χ3v) is 3.58. The van der Waals surface area contributed by atoms with Gasteiger partial charge in [-0.25, -0.2) is 4.79 Å². The fraction of sp³-hybridized carbons (Fsp3) is 0.833. The van der Waals surface area contributed by atoms with E-state index in [0.29, 0.717) is 18.9 Å². The SMILES string of the molecule is C[C@@H]1CN(C(=O)CC2CCC2)CC(C(=O)O)O1. The number of morpholine rings is 1. The van der Waals surface area contributed by atoms with E-state index < -0.39 is 12.1 Å². The van der Waals surface area contributed by atoms with Gasteiger partial charge in [-0.2, -0.15) is 0 Å². The second-order valence-electron chi connectivity index (χ2n) is 5.07. The number of hydrogen-bond donors (Lipinski definition) is 1. The van der Waals surface area contributed by atoms with Crippen molar-refractivity contribution in [1.29, 1.82) is 0 Å². The van der Waals surface area contributed by atoms with Crippen molar-refractivity contribution >= 4 is 11.9 Å². The lowest BCUT2D eigenvalue weighted by atomic mass is 9.82. The molecule has 0 bridgehead atoms. The predicted molar refractivity (Wildman–Crippen MR) is 60.5 cm³/mol. The maximum Gasteiger partial charge on any atom is 0.334 e. The van der Waals surface area contributed by atoms with Crippen LogP contribution >= 0.6 is 0 Å². The molecule has 2 rings (SSSR count). The Balaban J connectivity index is 1.89. The molecule has 0 aromatic rings. The molecule has 1 amide bonds. The van der Waals surface area contributed by atoms with Gasteiger partial charge < -0.3 is 14.7 Å². The van der Waals surface area contributed by atoms with E-state index >= 15 is 0 Å². The third-order valence-electron chi connectivity index (χ3n) is 3.58. The van der Waals surface area contributed by atoms with Crippen LogP contribution in [0.25, 0.3) is 0 Å². The summed E-state index contributed by atoms with van der Waals surface area (Å²) in [6.07, 6.45) is 2.98. The molecule has 5 nitrogen and oxygen atoms in total. The minimum atomic E-state index is -0.988. The molecule has 2 atom stereocenters. The highest BCUT2D eigenvalue weighted by atomic mass is 16.5. The number of carboxylic acid groups (broad SMARTS) is 1. The van der Waals surface area contributed by atoms with Crippen LogP contribution in [0.5, 0.6) is 0 Å². The Morgan fingerprint density at radius 2 is 2.06 bits per heavy atom. The van der Waals surface area contributed by atoms with Gasteiger partial charge in [-0.05, 0) is 25.7 Å². The maximum absolute atomic E-state index is 12.0. The second kappa shape index (κ2) is 5.04. The first-order chi connectivity index (χ1) is 8.06. The highest BCUT2D eigenvalue weighted by Gasteiger charge is 2.33. The van der Waals surface area contributed by atoms with Crippen LogP contribution in [0.1, 0.15) is 32.6 Å². The summed E-state index contributed by atoms with van der Waals surface area (Å²) in [6, 6.07) is 0. The Kier molecular flexibility index (Phi) is 3.66. The molecule has 0 aromatic heterocycles. The summed E-state index contributed by atoms with van der Waals surface area (Å²) in [5, 5.41) is 8.93. The molecule has 96 valence electrons. The first-order valence-corrected chi connectivity index (χ1v) is 6.22. The Morgan fingerprint density at radius 3 is 2.59 bits per heavy atom. The molecule has 1 N–H and O–H groups in total. The molecule has 5 heteroatoms. The molecule has 0 radical (unpaired) electrons. The molecule has 17 heavy (non-hydrogen) atoms. The number of ether oxygens (including phenoxy) is 1. The van der Waals surface area contributed by atoms with E-state index in [4.69, 9.17) is 9.84 Å². The van der Waals surface area contributed by atoms with Crippen molar-refractivity contribution in [3.63, 3.8) is 0 Å². The number of carboxylic acids is 1. The van der Waals surface area contributed by atoms with Crippen LogP contribution < -0.4 is 0 Å². The van der Waals surface area contributed by atoms with Gasteiger partial charge in [0.25, 0.3) is 0 Å². The monoisotopic (exact) mass is 241 g/mol. The van der Waals surface area contributed by atoms with Crippen LogP contribution in [-0.2, 0) is 14.3 Å². The molecule has 1 aliphatic carbocycles. The van der Waals surface area contributed by atoms with Gasteiger partial charge in [-0.1, -0.05) is 6.42 Å². The molecule has 2 aliphatic rings. The number of carbonyl (C=O) groups excluding carboxylic acids is 1. The summed E-state index contributed by atoms with van der Waals surface area (Å²) >= 11 is 0. The minimum Gasteiger partial charge on any atom is -0.479 e. The van der Waals surface area contributed by atoms with Crippen LogP contribution in [0.3, 0.4) is 0 Å². The fourth-order valence-electron chi connectivity index (χ4n) is 2.36. The lowest BCUT2D eigenvalue weighted by Gasteiger charge is -2.36. The normalized spacial score (nSPS) is 29.8. The van der Waals surface area contributed by atoms with Gasteiger partial charge in [0, 0.05) is 13.0 Å². The van der Waals surface area contributed by atoms with Gasteiger partial charge in [0.05, 0.1) is 12.6 Å². The molecular formula is C12H19NO4. The Labute approximate surface area is 101 Å². The fourth-order valence-corrected chi connectivity index (χ4v) is 2.36. The van der Waals surface area contributed by atoms with Crippen molar-refractivity contribution in [2.75, 3.05) is 13.1 Å². The molecule has 0 aromatic carbocycles. The van der Waals surface area contributed by atoms with Gasteiger partial charge in [0.2, 0.25) is 5.91 Å². The maximum atomic E-state index is 12.0. The Morgan fingerprint density at radius 1 is 1.35 bits per heavy atom. The smallest absolute Gasteiger partial charge is 0.334 e. The zero-order chi connectivity index (χ0) is 12.4. The van der Waals surface area contributed by atoms with E-state index in [0.717, 1.165) is 12.8 Å². The summed E-state index contributed by atoms with van der Waals surface area (Å²) in [6.45, 7) is 2.50. The number of amides is 1. The molecule has 1 unspecified atom stereocenters. The lowest BCUT2D eigenvalue weighted by Crippen LogP contribution is -2.52. The van der Waals surface area contributed by atoms with Crippen LogP contribution in [-0.4, -0.2) is 47.2 Å². The molecule has 1 saturated carbocycles. The molecule has 1 aliphatic heterocycles. The van der Waals surface area contributed by atoms with Gasteiger partial charge in [0.15, 0.2) is 6.10 Å². The zero-order valence-electron chi connectivity index (χ0n) is 10.1. The Bertz CT molecular complexity index is 314. The Hall–Kier alpha value is -1.10. The summed E-state index contributed by atoms with van der Waals surface area (Å²) in [4.78, 5) is 24.5. The topological polar surface area (TPSA) is 66.8 Å². The quantitative estimate of drug-likeness (QED) is 0.796. The first kappa shape index (κ1) is 12.4. The zero-order valence-corrected chi connectivity index (χ0v) is 10.1. The average Bonchev–Trinajstić information content (AvgIpc) is 2.22. The molecule has 1 heterocycles.